The van der Waals surface area contributed by atoms with Gasteiger partial charge in [-0.15, -0.1) is 11.3 Å². The van der Waals surface area contributed by atoms with Gasteiger partial charge in [-0.1, -0.05) is 36.4 Å². The van der Waals surface area contributed by atoms with E-state index < -0.39 is 11.0 Å². The molecule has 1 unspecified atom stereocenters. The van der Waals surface area contributed by atoms with Crippen LogP contribution in [0.5, 0.6) is 5.75 Å². The summed E-state index contributed by atoms with van der Waals surface area (Å²) in [4.78, 5) is 30.3. The molecular formula is C24H21N2O3S+. The van der Waals surface area contributed by atoms with E-state index in [9.17, 15) is 9.59 Å². The molecule has 3 aliphatic rings. The molecule has 150 valence electrons. The summed E-state index contributed by atoms with van der Waals surface area (Å²) in [5, 5.41) is 5.11. The summed E-state index contributed by atoms with van der Waals surface area (Å²) in [7, 11) is 2.03. The number of rotatable bonds is 1. The molecule has 3 aromatic rings. The quantitative estimate of drug-likeness (QED) is 0.640. The minimum atomic E-state index is -1.04. The van der Waals surface area contributed by atoms with Gasteiger partial charge in [0.25, 0.3) is 5.91 Å². The fourth-order valence-electron chi connectivity index (χ4n) is 6.05. The number of ketones is 1. The van der Waals surface area contributed by atoms with Crippen LogP contribution in [0.3, 0.4) is 0 Å². The molecule has 1 saturated heterocycles. The molecule has 4 atom stereocenters. The predicted molar refractivity (Wildman–Crippen MR) is 114 cm³/mol. The number of hydrogen-bond acceptors (Lipinski definition) is 4. The molecule has 0 aliphatic carbocycles. The zero-order valence-electron chi connectivity index (χ0n) is 16.5. The molecule has 2 N–H and O–H groups in total. The maximum Gasteiger partial charge on any atom is 0.292 e. The van der Waals surface area contributed by atoms with Crippen molar-refractivity contribution in [2.45, 2.75) is 11.5 Å². The summed E-state index contributed by atoms with van der Waals surface area (Å²) < 4.78 is 6.25. The van der Waals surface area contributed by atoms with E-state index in [2.05, 4.69) is 11.4 Å². The maximum atomic E-state index is 14.3. The van der Waals surface area contributed by atoms with Gasteiger partial charge in [-0.2, -0.15) is 0 Å². The van der Waals surface area contributed by atoms with Gasteiger partial charge in [0.05, 0.1) is 30.8 Å². The summed E-state index contributed by atoms with van der Waals surface area (Å²) in [6.07, 6.45) is 0. The van der Waals surface area contributed by atoms with Gasteiger partial charge >= 0.3 is 0 Å². The average molecular weight is 418 g/mol. The van der Waals surface area contributed by atoms with Crippen molar-refractivity contribution >= 4 is 28.7 Å². The van der Waals surface area contributed by atoms with Gasteiger partial charge in [0.15, 0.2) is 5.78 Å². The van der Waals surface area contributed by atoms with E-state index >= 15 is 0 Å². The van der Waals surface area contributed by atoms with Crippen LogP contribution in [0.15, 0.2) is 66.0 Å². The molecule has 6 heteroatoms. The molecule has 2 aromatic carbocycles. The Balaban J connectivity index is 1.68. The maximum absolute atomic E-state index is 14.3. The molecule has 3 aliphatic heterocycles. The SMILES string of the molecule is C[NH+]1C[C@H](c2cccs2)[C@]2(COc3ccccc3C2=O)[C@]12C(=O)Nc1ccccc12. The highest BCUT2D eigenvalue weighted by atomic mass is 32.1. The normalized spacial score (nSPS) is 31.5. The van der Waals surface area contributed by atoms with Crippen LogP contribution in [0.1, 0.15) is 26.7 Å². The third-order valence-corrected chi connectivity index (χ3v) is 8.20. The van der Waals surface area contributed by atoms with Crippen LogP contribution in [0.25, 0.3) is 0 Å². The Morgan fingerprint density at radius 1 is 1.07 bits per heavy atom. The second-order valence-corrected chi connectivity index (χ2v) is 9.37. The topological polar surface area (TPSA) is 59.8 Å². The molecule has 1 aromatic heterocycles. The Morgan fingerprint density at radius 3 is 2.70 bits per heavy atom. The lowest BCUT2D eigenvalue weighted by Crippen LogP contribution is -3.16. The second kappa shape index (κ2) is 6.03. The molecule has 6 rings (SSSR count). The van der Waals surface area contributed by atoms with Crippen LogP contribution in [0.2, 0.25) is 0 Å². The van der Waals surface area contributed by atoms with Crippen molar-refractivity contribution in [3.8, 4) is 5.75 Å². The number of carbonyl (C=O) groups excluding carboxylic acids is 2. The molecule has 4 heterocycles. The third kappa shape index (κ3) is 1.91. The molecule has 0 radical (unpaired) electrons. The van der Waals surface area contributed by atoms with Crippen LogP contribution < -0.4 is 15.0 Å². The first-order chi connectivity index (χ1) is 14.6. The summed E-state index contributed by atoms with van der Waals surface area (Å²) in [5.74, 6) is 0.378. The first-order valence-corrected chi connectivity index (χ1v) is 11.0. The number of likely N-dealkylation sites (N-methyl/N-ethyl adjacent to an activating group) is 1. The molecular weight excluding hydrogens is 396 g/mol. The number of thiophene rings is 1. The van der Waals surface area contributed by atoms with E-state index in [1.165, 1.54) is 0 Å². The fraction of sp³-hybridized carbons (Fsp3) is 0.250. The number of fused-ring (bicyclic) bond motifs is 4. The Labute approximate surface area is 178 Å². The number of quaternary nitrogens is 1. The minimum absolute atomic E-state index is 0.00598. The smallest absolute Gasteiger partial charge is 0.292 e. The molecule has 5 nitrogen and oxygen atoms in total. The van der Waals surface area contributed by atoms with Gasteiger partial charge in [-0.3, -0.25) is 9.59 Å². The number of hydrogen-bond donors (Lipinski definition) is 2. The Kier molecular flexibility index (Phi) is 3.59. The van der Waals surface area contributed by atoms with Crippen molar-refractivity contribution in [3.63, 3.8) is 0 Å². The zero-order chi connectivity index (χ0) is 20.5. The van der Waals surface area contributed by atoms with E-state index in [1.807, 2.05) is 67.0 Å². The molecule has 0 saturated carbocycles. The number of anilines is 1. The highest BCUT2D eigenvalue weighted by Gasteiger charge is 2.78. The largest absolute Gasteiger partial charge is 0.491 e. The van der Waals surface area contributed by atoms with E-state index in [1.54, 1.807) is 11.3 Å². The molecule has 0 bridgehead atoms. The lowest BCUT2D eigenvalue weighted by molar-refractivity contribution is -0.920. The number of carbonyl (C=O) groups is 2. The van der Waals surface area contributed by atoms with Gasteiger partial charge in [-0.25, -0.2) is 0 Å². The van der Waals surface area contributed by atoms with Crippen LogP contribution in [0, 0.1) is 5.41 Å². The van der Waals surface area contributed by atoms with Crippen molar-refractivity contribution in [1.29, 1.82) is 0 Å². The van der Waals surface area contributed by atoms with Crippen LogP contribution in [-0.2, 0) is 10.3 Å². The highest BCUT2D eigenvalue weighted by molar-refractivity contribution is 7.10. The number of para-hydroxylation sites is 2. The molecule has 1 amide bonds. The standard InChI is InChI=1S/C24H20N2O3S/c1-26-13-17(20-11-6-12-30-20)23(14-29-19-10-5-2-7-15(19)21(23)27)24(26)16-8-3-4-9-18(16)25-22(24)28/h2-12,17H,13-14H2,1H3,(H,25,28)/p+1/t17-,23+,24+/m1/s1. The van der Waals surface area contributed by atoms with Crippen molar-refractivity contribution in [2.24, 2.45) is 5.41 Å². The molecule has 1 fully saturated rings. The summed E-state index contributed by atoms with van der Waals surface area (Å²) in [6, 6.07) is 19.3. The number of amides is 1. The van der Waals surface area contributed by atoms with Gasteiger partial charge in [0, 0.05) is 10.4 Å². The predicted octanol–water partition coefficient (Wildman–Crippen LogP) is 2.47. The van der Waals surface area contributed by atoms with Crippen molar-refractivity contribution in [2.75, 3.05) is 25.5 Å². The number of benzene rings is 2. The Bertz CT molecular complexity index is 1190. The molecule has 2 spiro atoms. The van der Waals surface area contributed by atoms with E-state index in [0.717, 1.165) is 21.0 Å². The Morgan fingerprint density at radius 2 is 1.87 bits per heavy atom. The van der Waals surface area contributed by atoms with Gasteiger partial charge in [0.2, 0.25) is 5.54 Å². The first-order valence-electron chi connectivity index (χ1n) is 10.1. The summed E-state index contributed by atoms with van der Waals surface area (Å²) in [5.41, 5.74) is 0.190. The van der Waals surface area contributed by atoms with Crippen LogP contribution in [-0.4, -0.2) is 31.9 Å². The van der Waals surface area contributed by atoms with Crippen molar-refractivity contribution in [3.05, 3.63) is 82.0 Å². The third-order valence-electron chi connectivity index (χ3n) is 7.21. The highest BCUT2D eigenvalue weighted by Crippen LogP contribution is 2.59. The van der Waals surface area contributed by atoms with E-state index in [4.69, 9.17) is 4.74 Å². The second-order valence-electron chi connectivity index (χ2n) is 8.39. The van der Waals surface area contributed by atoms with Crippen LogP contribution in [0.4, 0.5) is 5.69 Å². The minimum Gasteiger partial charge on any atom is -0.491 e. The van der Waals surface area contributed by atoms with E-state index in [-0.39, 0.29) is 24.2 Å². The van der Waals surface area contributed by atoms with Gasteiger partial charge in [0.1, 0.15) is 17.8 Å². The van der Waals surface area contributed by atoms with Crippen molar-refractivity contribution < 1.29 is 19.2 Å². The lowest BCUT2D eigenvalue weighted by Gasteiger charge is -2.44. The summed E-state index contributed by atoms with van der Waals surface area (Å²) in [6.45, 7) is 0.865. The number of likely N-dealkylation sites (tertiary alicyclic amines) is 1. The fourth-order valence-corrected chi connectivity index (χ4v) is 6.97. The van der Waals surface area contributed by atoms with E-state index in [0.29, 0.717) is 17.9 Å². The first kappa shape index (κ1) is 17.9. The number of Topliss-reactive ketones (excluding diaryl/α,β-unsaturated/α-hetero) is 1. The number of ether oxygens (including phenoxy) is 1. The summed E-state index contributed by atoms with van der Waals surface area (Å²) >= 11 is 1.65. The lowest BCUT2D eigenvalue weighted by atomic mass is 9.58. The Hall–Kier alpha value is -2.96. The average Bonchev–Trinajstić information content (AvgIpc) is 3.45. The number of nitrogens with one attached hydrogen (secondary N) is 2. The zero-order valence-corrected chi connectivity index (χ0v) is 17.3. The van der Waals surface area contributed by atoms with Crippen molar-refractivity contribution in [1.82, 2.24) is 0 Å². The van der Waals surface area contributed by atoms with Gasteiger partial charge < -0.3 is 15.0 Å². The van der Waals surface area contributed by atoms with Gasteiger partial charge in [-0.05, 0) is 29.6 Å². The molecule has 30 heavy (non-hydrogen) atoms. The van der Waals surface area contributed by atoms with Crippen LogP contribution >= 0.6 is 11.3 Å². The monoisotopic (exact) mass is 417 g/mol.